The van der Waals surface area contributed by atoms with E-state index in [-0.39, 0.29) is 0 Å². The molecule has 2 heteroatoms. The molecule has 0 spiro atoms. The number of rotatable bonds is 3. The first-order chi connectivity index (χ1) is 9.30. The van der Waals surface area contributed by atoms with Crippen LogP contribution in [0.3, 0.4) is 0 Å². The van der Waals surface area contributed by atoms with Crippen LogP contribution < -0.4 is 0 Å². The SMILES string of the molecule is CSC1(Sc2ccccc2)C2CC3CC(C2)CC1C3. The van der Waals surface area contributed by atoms with Gasteiger partial charge in [0.25, 0.3) is 0 Å². The van der Waals surface area contributed by atoms with E-state index in [0.29, 0.717) is 4.08 Å². The Hall–Kier alpha value is -0.0800. The third kappa shape index (κ3) is 1.98. The summed E-state index contributed by atoms with van der Waals surface area (Å²) in [5.74, 6) is 4.06. The smallest absolute Gasteiger partial charge is 0.0711 e. The maximum atomic E-state index is 2.36. The van der Waals surface area contributed by atoms with Gasteiger partial charge >= 0.3 is 0 Å². The zero-order valence-corrected chi connectivity index (χ0v) is 13.2. The summed E-state index contributed by atoms with van der Waals surface area (Å²) in [6.07, 6.45) is 9.94. The molecule has 0 radical (unpaired) electrons. The lowest BCUT2D eigenvalue weighted by atomic mass is 9.56. The van der Waals surface area contributed by atoms with E-state index < -0.39 is 0 Å². The molecule has 4 aliphatic rings. The molecule has 0 N–H and O–H groups in total. The second-order valence-corrected chi connectivity index (χ2v) is 9.34. The normalized spacial score (nSPS) is 43.6. The van der Waals surface area contributed by atoms with Crippen LogP contribution >= 0.6 is 23.5 Å². The van der Waals surface area contributed by atoms with Crippen molar-refractivity contribution in [1.82, 2.24) is 0 Å². The predicted octanol–water partition coefficient (Wildman–Crippen LogP) is 5.29. The van der Waals surface area contributed by atoms with Gasteiger partial charge in [0.05, 0.1) is 4.08 Å². The van der Waals surface area contributed by atoms with E-state index in [4.69, 9.17) is 0 Å². The highest BCUT2D eigenvalue weighted by molar-refractivity contribution is 8.18. The molecular weight excluding hydrogens is 268 g/mol. The van der Waals surface area contributed by atoms with Gasteiger partial charge in [-0.25, -0.2) is 0 Å². The van der Waals surface area contributed by atoms with Crippen molar-refractivity contribution in [3.63, 3.8) is 0 Å². The third-order valence-corrected chi connectivity index (χ3v) is 9.16. The second kappa shape index (κ2) is 4.73. The van der Waals surface area contributed by atoms with Crippen LogP contribution in [-0.4, -0.2) is 10.3 Å². The van der Waals surface area contributed by atoms with Gasteiger partial charge in [0.2, 0.25) is 0 Å². The number of hydrogen-bond donors (Lipinski definition) is 0. The molecule has 0 aromatic heterocycles. The van der Waals surface area contributed by atoms with E-state index in [0.717, 1.165) is 23.7 Å². The summed E-state index contributed by atoms with van der Waals surface area (Å²) in [5, 5.41) is 0. The molecule has 0 nitrogen and oxygen atoms in total. The highest BCUT2D eigenvalue weighted by atomic mass is 32.2. The Morgan fingerprint density at radius 3 is 2.00 bits per heavy atom. The quantitative estimate of drug-likeness (QED) is 0.693. The van der Waals surface area contributed by atoms with Crippen LogP contribution in [0.2, 0.25) is 0 Å². The van der Waals surface area contributed by atoms with Gasteiger partial charge in [-0.1, -0.05) is 18.2 Å². The van der Waals surface area contributed by atoms with Crippen LogP contribution in [0.4, 0.5) is 0 Å². The lowest BCUT2D eigenvalue weighted by Crippen LogP contribution is -2.53. The van der Waals surface area contributed by atoms with E-state index in [1.54, 1.807) is 6.42 Å². The van der Waals surface area contributed by atoms with Crippen molar-refractivity contribution in [1.29, 1.82) is 0 Å². The van der Waals surface area contributed by atoms with Crippen molar-refractivity contribution in [3.8, 4) is 0 Å². The first-order valence-electron chi connectivity index (χ1n) is 7.59. The van der Waals surface area contributed by atoms with Crippen molar-refractivity contribution < 1.29 is 0 Å². The summed E-state index contributed by atoms with van der Waals surface area (Å²) >= 11 is 4.36. The molecule has 1 aromatic carbocycles. The maximum Gasteiger partial charge on any atom is 0.0711 e. The molecule has 5 rings (SSSR count). The van der Waals surface area contributed by atoms with Crippen molar-refractivity contribution in [2.24, 2.45) is 23.7 Å². The second-order valence-electron chi connectivity index (χ2n) is 6.65. The maximum absolute atomic E-state index is 2.36. The number of benzene rings is 1. The zero-order chi connectivity index (χ0) is 12.9. The fourth-order valence-electron chi connectivity index (χ4n) is 5.06. The van der Waals surface area contributed by atoms with Crippen LogP contribution in [0.5, 0.6) is 0 Å². The highest BCUT2D eigenvalue weighted by Crippen LogP contribution is 2.67. The standard InChI is InChI=1S/C17H22S2/c1-18-17(19-16-5-3-2-4-6-16)14-8-12-7-13(10-14)11-15(17)9-12/h2-6,12-15H,7-11H2,1H3. The van der Waals surface area contributed by atoms with Crippen LogP contribution in [0, 0.1) is 23.7 Å². The van der Waals surface area contributed by atoms with Gasteiger partial charge in [0, 0.05) is 4.90 Å². The monoisotopic (exact) mass is 290 g/mol. The van der Waals surface area contributed by atoms with Gasteiger partial charge in [-0.2, -0.15) is 0 Å². The van der Waals surface area contributed by atoms with E-state index in [1.165, 1.54) is 30.6 Å². The fourth-order valence-corrected chi connectivity index (χ4v) is 8.11. The predicted molar refractivity (Wildman–Crippen MR) is 85.6 cm³/mol. The molecule has 4 bridgehead atoms. The van der Waals surface area contributed by atoms with E-state index in [2.05, 4.69) is 60.1 Å². The van der Waals surface area contributed by atoms with Gasteiger partial charge in [-0.3, -0.25) is 0 Å². The van der Waals surface area contributed by atoms with Crippen molar-refractivity contribution in [2.45, 2.75) is 41.1 Å². The molecular formula is C17H22S2. The molecule has 0 atom stereocenters. The Morgan fingerprint density at radius 2 is 1.47 bits per heavy atom. The molecule has 0 heterocycles. The number of hydrogen-bond acceptors (Lipinski definition) is 2. The topological polar surface area (TPSA) is 0 Å². The Bertz CT molecular complexity index is 426. The van der Waals surface area contributed by atoms with Crippen LogP contribution in [0.25, 0.3) is 0 Å². The summed E-state index contributed by atoms with van der Waals surface area (Å²) in [4.78, 5) is 1.48. The molecule has 19 heavy (non-hydrogen) atoms. The Morgan fingerprint density at radius 1 is 0.895 bits per heavy atom. The van der Waals surface area contributed by atoms with Gasteiger partial charge in [-0.05, 0) is 74.2 Å². The van der Waals surface area contributed by atoms with Gasteiger partial charge < -0.3 is 0 Å². The van der Waals surface area contributed by atoms with Crippen molar-refractivity contribution in [3.05, 3.63) is 30.3 Å². The van der Waals surface area contributed by atoms with E-state index >= 15 is 0 Å². The summed E-state index contributed by atoms with van der Waals surface area (Å²) in [6, 6.07) is 11.1. The average molecular weight is 290 g/mol. The van der Waals surface area contributed by atoms with Crippen molar-refractivity contribution >= 4 is 23.5 Å². The minimum atomic E-state index is 0.481. The lowest BCUT2D eigenvalue weighted by molar-refractivity contribution is 0.0155. The summed E-state index contributed by atoms with van der Waals surface area (Å²) in [7, 11) is 0. The average Bonchev–Trinajstić information content (AvgIpc) is 2.43. The molecule has 4 aliphatic carbocycles. The zero-order valence-electron chi connectivity index (χ0n) is 11.5. The Labute approximate surface area is 125 Å². The van der Waals surface area contributed by atoms with Gasteiger partial charge in [0.15, 0.2) is 0 Å². The molecule has 4 saturated carbocycles. The molecule has 1 aromatic rings. The third-order valence-electron chi connectivity index (χ3n) is 5.62. The minimum absolute atomic E-state index is 0.481. The molecule has 0 aliphatic heterocycles. The first kappa shape index (κ1) is 12.6. The van der Waals surface area contributed by atoms with E-state index in [1.807, 2.05) is 0 Å². The minimum Gasteiger partial charge on any atom is -0.147 e. The molecule has 4 fully saturated rings. The van der Waals surface area contributed by atoms with Gasteiger partial charge in [-0.15, -0.1) is 23.5 Å². The fraction of sp³-hybridized carbons (Fsp3) is 0.647. The number of thioether (sulfide) groups is 2. The molecule has 0 unspecified atom stereocenters. The highest BCUT2D eigenvalue weighted by Gasteiger charge is 2.57. The molecule has 0 amide bonds. The first-order valence-corrected chi connectivity index (χ1v) is 9.63. The lowest BCUT2D eigenvalue weighted by Gasteiger charge is -2.60. The molecule has 0 saturated heterocycles. The Kier molecular flexibility index (Phi) is 3.15. The van der Waals surface area contributed by atoms with Gasteiger partial charge in [0.1, 0.15) is 0 Å². The van der Waals surface area contributed by atoms with Crippen LogP contribution in [-0.2, 0) is 0 Å². The molecule has 102 valence electrons. The largest absolute Gasteiger partial charge is 0.147 e. The van der Waals surface area contributed by atoms with E-state index in [9.17, 15) is 0 Å². The van der Waals surface area contributed by atoms with Crippen LogP contribution in [0.15, 0.2) is 35.2 Å². The summed E-state index contributed by atoms with van der Waals surface area (Å²) in [5.41, 5.74) is 0. The summed E-state index contributed by atoms with van der Waals surface area (Å²) in [6.45, 7) is 0. The van der Waals surface area contributed by atoms with Crippen LogP contribution in [0.1, 0.15) is 32.1 Å². The van der Waals surface area contributed by atoms with Crippen molar-refractivity contribution in [2.75, 3.05) is 6.26 Å². The Balaban J connectivity index is 1.66. The summed E-state index contributed by atoms with van der Waals surface area (Å²) < 4.78 is 0.481.